The molecule has 1 amide bonds. The van der Waals surface area contributed by atoms with Gasteiger partial charge in [-0.05, 0) is 24.6 Å². The Morgan fingerprint density at radius 1 is 1.22 bits per heavy atom. The summed E-state index contributed by atoms with van der Waals surface area (Å²) in [5, 5.41) is 14.6. The average molecular weight is 309 g/mol. The Kier molecular flexibility index (Phi) is 5.35. The second-order valence-corrected chi connectivity index (χ2v) is 4.75. The molecule has 6 heteroatoms. The summed E-state index contributed by atoms with van der Waals surface area (Å²) in [4.78, 5) is 22.2. The molecule has 0 atom stereocenters. The molecule has 2 aromatic rings. The van der Waals surface area contributed by atoms with Crippen molar-refractivity contribution in [3.05, 3.63) is 81.4 Å². The van der Waals surface area contributed by atoms with Crippen LogP contribution in [0.15, 0.2) is 59.7 Å². The number of amides is 1. The maximum atomic E-state index is 11.9. The van der Waals surface area contributed by atoms with Crippen LogP contribution in [0.2, 0.25) is 0 Å². The molecule has 23 heavy (non-hydrogen) atoms. The third-order valence-electron chi connectivity index (χ3n) is 3.08. The van der Waals surface area contributed by atoms with Gasteiger partial charge in [0.05, 0.1) is 4.92 Å². The van der Waals surface area contributed by atoms with Crippen molar-refractivity contribution in [1.29, 1.82) is 0 Å². The van der Waals surface area contributed by atoms with E-state index in [1.54, 1.807) is 13.0 Å². The standard InChI is InChI=1S/C17H15N3O3/c1-13-9-10-15(12-16(13)20(22)23)17(21)19-18-11-5-8-14-6-3-2-4-7-14/h2-12H,1H3,(H,19,21). The van der Waals surface area contributed by atoms with Gasteiger partial charge < -0.3 is 0 Å². The van der Waals surface area contributed by atoms with E-state index in [1.165, 1.54) is 24.4 Å². The molecule has 1 N–H and O–H groups in total. The highest BCUT2D eigenvalue weighted by atomic mass is 16.6. The van der Waals surface area contributed by atoms with E-state index in [-0.39, 0.29) is 11.3 Å². The maximum Gasteiger partial charge on any atom is 0.273 e. The first-order chi connectivity index (χ1) is 11.1. The Morgan fingerprint density at radius 2 is 1.96 bits per heavy atom. The van der Waals surface area contributed by atoms with Crippen molar-refractivity contribution < 1.29 is 9.72 Å². The molecule has 0 bridgehead atoms. The fraction of sp³-hybridized carbons (Fsp3) is 0.0588. The summed E-state index contributed by atoms with van der Waals surface area (Å²) in [6, 6.07) is 13.9. The topological polar surface area (TPSA) is 84.6 Å². The molecule has 0 aliphatic heterocycles. The molecule has 0 radical (unpaired) electrons. The number of aryl methyl sites for hydroxylation is 1. The number of hydrazone groups is 1. The van der Waals surface area contributed by atoms with Crippen LogP contribution in [0.5, 0.6) is 0 Å². The van der Waals surface area contributed by atoms with E-state index in [1.807, 2.05) is 36.4 Å². The molecule has 0 spiro atoms. The van der Waals surface area contributed by atoms with Crippen molar-refractivity contribution in [2.75, 3.05) is 0 Å². The van der Waals surface area contributed by atoms with Crippen LogP contribution in [-0.4, -0.2) is 17.0 Å². The third-order valence-corrected chi connectivity index (χ3v) is 3.08. The lowest BCUT2D eigenvalue weighted by Crippen LogP contribution is -2.17. The first-order valence-electron chi connectivity index (χ1n) is 6.88. The van der Waals surface area contributed by atoms with Crippen molar-refractivity contribution in [1.82, 2.24) is 5.43 Å². The molecule has 0 saturated heterocycles. The van der Waals surface area contributed by atoms with E-state index in [4.69, 9.17) is 0 Å². The predicted molar refractivity (Wildman–Crippen MR) is 89.3 cm³/mol. The van der Waals surface area contributed by atoms with Crippen LogP contribution in [0.25, 0.3) is 6.08 Å². The Balaban J connectivity index is 1.97. The van der Waals surface area contributed by atoms with Crippen molar-refractivity contribution in [2.24, 2.45) is 5.10 Å². The Hall–Kier alpha value is -3.28. The van der Waals surface area contributed by atoms with Gasteiger partial charge in [-0.3, -0.25) is 14.9 Å². The van der Waals surface area contributed by atoms with Gasteiger partial charge in [0.2, 0.25) is 0 Å². The molecule has 116 valence electrons. The van der Waals surface area contributed by atoms with Gasteiger partial charge in [-0.15, -0.1) is 0 Å². The molecule has 0 heterocycles. The lowest BCUT2D eigenvalue weighted by molar-refractivity contribution is -0.385. The molecule has 2 rings (SSSR count). The number of carbonyl (C=O) groups excluding carboxylic acids is 1. The van der Waals surface area contributed by atoms with E-state index >= 15 is 0 Å². The fourth-order valence-electron chi connectivity index (χ4n) is 1.87. The summed E-state index contributed by atoms with van der Waals surface area (Å²) in [7, 11) is 0. The highest BCUT2D eigenvalue weighted by molar-refractivity contribution is 5.95. The second-order valence-electron chi connectivity index (χ2n) is 4.75. The first kappa shape index (κ1) is 16.1. The second kappa shape index (κ2) is 7.65. The number of allylic oxidation sites excluding steroid dienone is 1. The molecule has 0 unspecified atom stereocenters. The molecule has 6 nitrogen and oxygen atoms in total. The summed E-state index contributed by atoms with van der Waals surface area (Å²) >= 11 is 0. The lowest BCUT2D eigenvalue weighted by atomic mass is 10.1. The van der Waals surface area contributed by atoms with Gasteiger partial charge >= 0.3 is 0 Å². The summed E-state index contributed by atoms with van der Waals surface area (Å²) in [5.74, 6) is -0.502. The monoisotopic (exact) mass is 309 g/mol. The number of nitro groups is 1. The van der Waals surface area contributed by atoms with E-state index < -0.39 is 10.8 Å². The van der Waals surface area contributed by atoms with E-state index in [0.717, 1.165) is 5.56 Å². The highest BCUT2D eigenvalue weighted by Gasteiger charge is 2.14. The number of benzene rings is 2. The smallest absolute Gasteiger partial charge is 0.267 e. The van der Waals surface area contributed by atoms with Gasteiger partial charge in [-0.1, -0.05) is 42.5 Å². The number of hydrogen-bond acceptors (Lipinski definition) is 4. The van der Waals surface area contributed by atoms with Crippen molar-refractivity contribution in [3.63, 3.8) is 0 Å². The van der Waals surface area contributed by atoms with Crippen LogP contribution < -0.4 is 5.43 Å². The number of hydrogen-bond donors (Lipinski definition) is 1. The lowest BCUT2D eigenvalue weighted by Gasteiger charge is -2.01. The molecule has 0 fully saturated rings. The minimum Gasteiger partial charge on any atom is -0.267 e. The van der Waals surface area contributed by atoms with Crippen LogP contribution in [-0.2, 0) is 0 Å². The Labute approximate surface area is 133 Å². The van der Waals surface area contributed by atoms with Crippen LogP contribution in [0.4, 0.5) is 5.69 Å². The maximum absolute atomic E-state index is 11.9. The van der Waals surface area contributed by atoms with Crippen molar-refractivity contribution >= 4 is 23.9 Å². The Bertz CT molecular complexity index is 768. The molecule has 0 aliphatic rings. The van der Waals surface area contributed by atoms with Gasteiger partial charge in [0, 0.05) is 23.4 Å². The van der Waals surface area contributed by atoms with E-state index in [2.05, 4.69) is 10.5 Å². The number of rotatable bonds is 5. The molecule has 0 saturated carbocycles. The minimum absolute atomic E-state index is 0.0920. The normalized spacial score (nSPS) is 11.0. The number of nitro benzene ring substituents is 1. The first-order valence-corrected chi connectivity index (χ1v) is 6.88. The number of nitrogens with one attached hydrogen (secondary N) is 1. The van der Waals surface area contributed by atoms with Gasteiger partial charge in [0.15, 0.2) is 0 Å². The summed E-state index contributed by atoms with van der Waals surface area (Å²) < 4.78 is 0. The SMILES string of the molecule is Cc1ccc(C(=O)NN=CC=Cc2ccccc2)cc1[N+](=O)[O-]. The summed E-state index contributed by atoms with van der Waals surface area (Å²) in [6.07, 6.45) is 4.97. The van der Waals surface area contributed by atoms with Gasteiger partial charge in [0.25, 0.3) is 11.6 Å². The molecular formula is C17H15N3O3. The summed E-state index contributed by atoms with van der Waals surface area (Å²) in [6.45, 7) is 1.62. The minimum atomic E-state index is -0.516. The van der Waals surface area contributed by atoms with Crippen molar-refractivity contribution in [3.8, 4) is 0 Å². The third kappa shape index (κ3) is 4.60. The number of nitrogens with zero attached hydrogens (tertiary/aromatic N) is 2. The van der Waals surface area contributed by atoms with Crippen LogP contribution in [0, 0.1) is 17.0 Å². The zero-order valence-electron chi connectivity index (χ0n) is 12.5. The molecular weight excluding hydrogens is 294 g/mol. The van der Waals surface area contributed by atoms with Gasteiger partial charge in [0.1, 0.15) is 0 Å². The van der Waals surface area contributed by atoms with Gasteiger partial charge in [-0.25, -0.2) is 5.43 Å². The summed E-state index contributed by atoms with van der Waals surface area (Å²) in [5.41, 5.74) is 3.94. The largest absolute Gasteiger partial charge is 0.273 e. The average Bonchev–Trinajstić information content (AvgIpc) is 2.55. The highest BCUT2D eigenvalue weighted by Crippen LogP contribution is 2.19. The van der Waals surface area contributed by atoms with E-state index in [0.29, 0.717) is 5.56 Å². The zero-order valence-corrected chi connectivity index (χ0v) is 12.5. The zero-order chi connectivity index (χ0) is 16.7. The fourth-order valence-corrected chi connectivity index (χ4v) is 1.87. The van der Waals surface area contributed by atoms with Crippen LogP contribution in [0.1, 0.15) is 21.5 Å². The predicted octanol–water partition coefficient (Wildman–Crippen LogP) is 3.33. The number of carbonyl (C=O) groups is 1. The van der Waals surface area contributed by atoms with Crippen LogP contribution in [0.3, 0.4) is 0 Å². The quantitative estimate of drug-likeness (QED) is 0.522. The van der Waals surface area contributed by atoms with Crippen molar-refractivity contribution in [2.45, 2.75) is 6.92 Å². The van der Waals surface area contributed by atoms with Crippen LogP contribution >= 0.6 is 0 Å². The molecule has 0 aromatic heterocycles. The molecule has 0 aliphatic carbocycles. The van der Waals surface area contributed by atoms with Gasteiger partial charge in [-0.2, -0.15) is 5.10 Å². The Morgan fingerprint density at radius 3 is 2.65 bits per heavy atom. The molecule has 2 aromatic carbocycles. The van der Waals surface area contributed by atoms with E-state index in [9.17, 15) is 14.9 Å².